The van der Waals surface area contributed by atoms with Crippen LogP contribution in [0.3, 0.4) is 0 Å². The Morgan fingerprint density at radius 3 is 3.07 bits per heavy atom. The van der Waals surface area contributed by atoms with E-state index in [1.54, 1.807) is 0 Å². The fourth-order valence-electron chi connectivity index (χ4n) is 1.48. The lowest BCUT2D eigenvalue weighted by Gasteiger charge is -2.12. The first kappa shape index (κ1) is 12.2. The zero-order valence-electron chi connectivity index (χ0n) is 9.20. The second kappa shape index (κ2) is 7.44. The minimum Gasteiger partial charge on any atom is -0.314 e. The SMILES string of the molecule is CC(Cc1cccs1)NCCCCC#N. The summed E-state index contributed by atoms with van der Waals surface area (Å²) in [5, 5.41) is 14.0. The van der Waals surface area contributed by atoms with Crippen LogP contribution in [-0.2, 0) is 6.42 Å². The van der Waals surface area contributed by atoms with Crippen molar-refractivity contribution in [3.63, 3.8) is 0 Å². The Morgan fingerprint density at radius 1 is 1.53 bits per heavy atom. The maximum Gasteiger partial charge on any atom is 0.0621 e. The highest BCUT2D eigenvalue weighted by Crippen LogP contribution is 2.10. The van der Waals surface area contributed by atoms with E-state index in [0.29, 0.717) is 12.5 Å². The topological polar surface area (TPSA) is 35.8 Å². The smallest absolute Gasteiger partial charge is 0.0621 e. The first-order valence-corrected chi connectivity index (χ1v) is 6.33. The number of nitrogens with zero attached hydrogens (tertiary/aromatic N) is 1. The first-order chi connectivity index (χ1) is 7.33. The monoisotopic (exact) mass is 222 g/mol. The largest absolute Gasteiger partial charge is 0.314 e. The lowest BCUT2D eigenvalue weighted by molar-refractivity contribution is 0.529. The summed E-state index contributed by atoms with van der Waals surface area (Å²) < 4.78 is 0. The molecule has 1 aromatic rings. The normalized spacial score (nSPS) is 12.3. The first-order valence-electron chi connectivity index (χ1n) is 5.45. The van der Waals surface area contributed by atoms with Crippen LogP contribution in [0.5, 0.6) is 0 Å². The number of hydrogen-bond donors (Lipinski definition) is 1. The van der Waals surface area contributed by atoms with E-state index < -0.39 is 0 Å². The highest BCUT2D eigenvalue weighted by Gasteiger charge is 2.02. The molecule has 0 saturated carbocycles. The van der Waals surface area contributed by atoms with Crippen molar-refractivity contribution in [2.24, 2.45) is 0 Å². The Balaban J connectivity index is 2.04. The average molecular weight is 222 g/mol. The van der Waals surface area contributed by atoms with E-state index in [1.807, 2.05) is 11.3 Å². The number of hydrogen-bond acceptors (Lipinski definition) is 3. The molecule has 1 heterocycles. The molecule has 0 amide bonds. The van der Waals surface area contributed by atoms with Crippen molar-refractivity contribution >= 4 is 11.3 Å². The molecule has 0 radical (unpaired) electrons. The highest BCUT2D eigenvalue weighted by molar-refractivity contribution is 7.09. The number of unbranched alkanes of at least 4 members (excludes halogenated alkanes) is 2. The molecular weight excluding hydrogens is 204 g/mol. The molecule has 1 atom stereocenters. The maximum absolute atomic E-state index is 8.38. The second-order valence-corrected chi connectivity index (χ2v) is 4.79. The molecule has 0 spiro atoms. The van der Waals surface area contributed by atoms with Crippen molar-refractivity contribution in [3.8, 4) is 6.07 Å². The van der Waals surface area contributed by atoms with Crippen molar-refractivity contribution < 1.29 is 0 Å². The molecule has 0 saturated heterocycles. The molecule has 1 rings (SSSR count). The van der Waals surface area contributed by atoms with E-state index in [4.69, 9.17) is 5.26 Å². The third-order valence-electron chi connectivity index (χ3n) is 2.30. The van der Waals surface area contributed by atoms with E-state index in [2.05, 4.69) is 35.8 Å². The van der Waals surface area contributed by atoms with Gasteiger partial charge in [-0.2, -0.15) is 5.26 Å². The van der Waals surface area contributed by atoms with Crippen LogP contribution in [0.4, 0.5) is 0 Å². The Morgan fingerprint density at radius 2 is 2.40 bits per heavy atom. The molecule has 1 aromatic heterocycles. The standard InChI is InChI=1S/C12H18N2S/c1-11(10-12-6-5-9-15-12)14-8-4-2-3-7-13/h5-6,9,11,14H,2-4,8,10H2,1H3. The van der Waals surface area contributed by atoms with Gasteiger partial charge in [-0.05, 0) is 44.2 Å². The summed E-state index contributed by atoms with van der Waals surface area (Å²) in [7, 11) is 0. The van der Waals surface area contributed by atoms with Crippen LogP contribution < -0.4 is 5.32 Å². The van der Waals surface area contributed by atoms with Crippen LogP contribution in [0, 0.1) is 11.3 Å². The molecule has 0 bridgehead atoms. The third kappa shape index (κ3) is 5.56. The molecule has 0 fully saturated rings. The van der Waals surface area contributed by atoms with E-state index in [1.165, 1.54) is 4.88 Å². The molecule has 82 valence electrons. The van der Waals surface area contributed by atoms with Crippen LogP contribution in [0.2, 0.25) is 0 Å². The van der Waals surface area contributed by atoms with Crippen molar-refractivity contribution in [2.75, 3.05) is 6.54 Å². The molecule has 1 unspecified atom stereocenters. The molecule has 3 heteroatoms. The molecule has 0 aliphatic heterocycles. The van der Waals surface area contributed by atoms with E-state index in [0.717, 1.165) is 25.8 Å². The molecule has 0 aliphatic rings. The summed E-state index contributed by atoms with van der Waals surface area (Å²) in [5.41, 5.74) is 0. The lowest BCUT2D eigenvalue weighted by atomic mass is 10.2. The minimum atomic E-state index is 0.533. The quantitative estimate of drug-likeness (QED) is 0.720. The van der Waals surface area contributed by atoms with Crippen molar-refractivity contribution in [2.45, 2.75) is 38.6 Å². The van der Waals surface area contributed by atoms with Gasteiger partial charge in [0.2, 0.25) is 0 Å². The van der Waals surface area contributed by atoms with Gasteiger partial charge in [0, 0.05) is 17.3 Å². The summed E-state index contributed by atoms with van der Waals surface area (Å²) in [4.78, 5) is 1.44. The molecule has 0 aromatic carbocycles. The number of nitrogens with one attached hydrogen (secondary N) is 1. The summed E-state index contributed by atoms with van der Waals surface area (Å²) in [5.74, 6) is 0. The fourth-order valence-corrected chi connectivity index (χ4v) is 2.32. The van der Waals surface area contributed by atoms with Gasteiger partial charge in [0.25, 0.3) is 0 Å². The van der Waals surface area contributed by atoms with Gasteiger partial charge in [-0.3, -0.25) is 0 Å². The Bertz CT molecular complexity index is 287. The van der Waals surface area contributed by atoms with Crippen LogP contribution in [0.15, 0.2) is 17.5 Å². The van der Waals surface area contributed by atoms with Gasteiger partial charge in [0.1, 0.15) is 0 Å². The third-order valence-corrected chi connectivity index (χ3v) is 3.19. The summed E-state index contributed by atoms with van der Waals surface area (Å²) >= 11 is 1.82. The van der Waals surface area contributed by atoms with E-state index in [-0.39, 0.29) is 0 Å². The van der Waals surface area contributed by atoms with Gasteiger partial charge in [-0.15, -0.1) is 11.3 Å². The number of thiophene rings is 1. The predicted octanol–water partition coefficient (Wildman–Crippen LogP) is 2.96. The number of nitriles is 1. The van der Waals surface area contributed by atoms with Crippen molar-refractivity contribution in [1.29, 1.82) is 5.26 Å². The Kier molecular flexibility index (Phi) is 6.06. The zero-order valence-corrected chi connectivity index (χ0v) is 10.0. The van der Waals surface area contributed by atoms with Crippen LogP contribution in [0.1, 0.15) is 31.1 Å². The van der Waals surface area contributed by atoms with E-state index >= 15 is 0 Å². The Hall–Kier alpha value is -0.850. The highest BCUT2D eigenvalue weighted by atomic mass is 32.1. The second-order valence-electron chi connectivity index (χ2n) is 3.75. The van der Waals surface area contributed by atoms with Crippen LogP contribution >= 0.6 is 11.3 Å². The van der Waals surface area contributed by atoms with Crippen LogP contribution in [0.25, 0.3) is 0 Å². The van der Waals surface area contributed by atoms with Gasteiger partial charge in [0.05, 0.1) is 6.07 Å². The maximum atomic E-state index is 8.38. The van der Waals surface area contributed by atoms with Crippen LogP contribution in [-0.4, -0.2) is 12.6 Å². The van der Waals surface area contributed by atoms with Gasteiger partial charge < -0.3 is 5.32 Å². The molecule has 0 aliphatic carbocycles. The summed E-state index contributed by atoms with van der Waals surface area (Å²) in [6, 6.07) is 6.98. The zero-order chi connectivity index (χ0) is 10.9. The lowest BCUT2D eigenvalue weighted by Crippen LogP contribution is -2.28. The molecule has 15 heavy (non-hydrogen) atoms. The van der Waals surface area contributed by atoms with Gasteiger partial charge in [-0.25, -0.2) is 0 Å². The molecule has 2 nitrogen and oxygen atoms in total. The summed E-state index contributed by atoms with van der Waals surface area (Å²) in [6.07, 6.45) is 3.90. The van der Waals surface area contributed by atoms with Gasteiger partial charge in [0.15, 0.2) is 0 Å². The average Bonchev–Trinajstić information content (AvgIpc) is 2.70. The van der Waals surface area contributed by atoms with Gasteiger partial charge >= 0.3 is 0 Å². The molecular formula is C12H18N2S. The fraction of sp³-hybridized carbons (Fsp3) is 0.583. The number of rotatable bonds is 7. The molecule has 1 N–H and O–H groups in total. The van der Waals surface area contributed by atoms with Crippen molar-refractivity contribution in [3.05, 3.63) is 22.4 Å². The Labute approximate surface area is 95.9 Å². The van der Waals surface area contributed by atoms with E-state index in [9.17, 15) is 0 Å². The minimum absolute atomic E-state index is 0.533. The summed E-state index contributed by atoms with van der Waals surface area (Å²) in [6.45, 7) is 3.23. The van der Waals surface area contributed by atoms with Crippen molar-refractivity contribution in [1.82, 2.24) is 5.32 Å². The van der Waals surface area contributed by atoms with Gasteiger partial charge in [-0.1, -0.05) is 6.07 Å². The predicted molar refractivity (Wildman–Crippen MR) is 65.0 cm³/mol.